The topological polar surface area (TPSA) is 160 Å². The van der Waals surface area contributed by atoms with E-state index >= 15 is 0 Å². The molecular weight excluding hydrogens is 584 g/mol. The summed E-state index contributed by atoms with van der Waals surface area (Å²) in [5.74, 6) is -2.83. The van der Waals surface area contributed by atoms with Gasteiger partial charge in [-0.3, -0.25) is 10.1 Å². The van der Waals surface area contributed by atoms with Crippen molar-refractivity contribution in [1.29, 1.82) is 0 Å². The van der Waals surface area contributed by atoms with Gasteiger partial charge in [0.25, 0.3) is 0 Å². The van der Waals surface area contributed by atoms with Crippen LogP contribution in [-0.4, -0.2) is 72.9 Å². The number of Topliss-reactive ketones (excluding diaryl/α,β-unsaturated/α-hetero) is 1. The fourth-order valence-electron chi connectivity index (χ4n) is 4.07. The van der Waals surface area contributed by atoms with E-state index in [4.69, 9.17) is 19.8 Å². The molecule has 0 atom stereocenters. The quantitative estimate of drug-likeness (QED) is 0.107. The second kappa shape index (κ2) is 13.9. The first-order valence-corrected chi connectivity index (χ1v) is 13.9. The van der Waals surface area contributed by atoms with Gasteiger partial charge in [-0.05, 0) is 69.2 Å². The molecule has 42 heavy (non-hydrogen) atoms. The van der Waals surface area contributed by atoms with Crippen LogP contribution in [0.5, 0.6) is 0 Å². The third kappa shape index (κ3) is 9.47. The zero-order valence-electron chi connectivity index (χ0n) is 29.4. The molecule has 0 unspecified atom stereocenters. The molecule has 1 fully saturated rings. The van der Waals surface area contributed by atoms with Gasteiger partial charge in [-0.2, -0.15) is 0 Å². The van der Waals surface area contributed by atoms with Crippen LogP contribution < -0.4 is 0 Å². The van der Waals surface area contributed by atoms with E-state index in [0.29, 0.717) is 5.41 Å². The average molecular weight is 645 g/mol. The number of aliphatic hydroxyl groups is 2. The molecular formula is C31H60CrO10+3. The number of ether oxygens (including phenoxy) is 2. The van der Waals surface area contributed by atoms with Crippen LogP contribution >= 0.6 is 0 Å². The van der Waals surface area contributed by atoms with Gasteiger partial charge < -0.3 is 24.8 Å². The van der Waals surface area contributed by atoms with E-state index in [1.54, 1.807) is 83.1 Å². The van der Waals surface area contributed by atoms with Crippen LogP contribution in [0.25, 0.3) is 0 Å². The van der Waals surface area contributed by atoms with Crippen LogP contribution in [0.3, 0.4) is 0 Å². The molecule has 0 aromatic heterocycles. The van der Waals surface area contributed by atoms with Crippen LogP contribution in [0.2, 0.25) is 0 Å². The van der Waals surface area contributed by atoms with Gasteiger partial charge in [0.05, 0.1) is 22.4 Å². The predicted octanol–water partition coefficient (Wildman–Crippen LogP) is 5.66. The van der Waals surface area contributed by atoms with Gasteiger partial charge in [-0.1, -0.05) is 55.4 Å². The molecule has 0 bridgehead atoms. The van der Waals surface area contributed by atoms with E-state index in [-0.39, 0.29) is 28.6 Å². The molecule has 0 aliphatic carbocycles. The molecule has 1 heterocycles. The third-order valence-corrected chi connectivity index (χ3v) is 10.9. The van der Waals surface area contributed by atoms with Crippen LogP contribution in [0, 0.1) is 21.7 Å². The van der Waals surface area contributed by atoms with E-state index in [0.717, 1.165) is 0 Å². The zero-order valence-corrected chi connectivity index (χ0v) is 30.6. The Balaban J connectivity index is -0.000000727. The van der Waals surface area contributed by atoms with Crippen molar-refractivity contribution in [2.45, 2.75) is 153 Å². The maximum absolute atomic E-state index is 12.9. The van der Waals surface area contributed by atoms with E-state index in [1.807, 2.05) is 0 Å². The Labute approximate surface area is 264 Å². The number of carboxylic acids is 1. The van der Waals surface area contributed by atoms with Gasteiger partial charge in [0, 0.05) is 21.7 Å². The minimum Gasteiger partial charge on any atom is -0.479 e. The average Bonchev–Trinajstić information content (AvgIpc) is 2.70. The summed E-state index contributed by atoms with van der Waals surface area (Å²) in [7, 11) is 0. The Morgan fingerprint density at radius 1 is 0.690 bits per heavy atom. The molecule has 0 amide bonds. The van der Waals surface area contributed by atoms with Crippen molar-refractivity contribution in [3.8, 4) is 0 Å². The van der Waals surface area contributed by atoms with Crippen LogP contribution in [-0.2, 0) is 46.1 Å². The van der Waals surface area contributed by atoms with Crippen LogP contribution in [0.1, 0.15) is 125 Å². The standard InChI is InChI=1S/C20H38O5.C9H18O.C2H4O4.Cr/c1-15(2,16(3,4)18(7,8)23)13(21)14(22)25-20(11,12)17(5,6)19(9,10)24;1-7(2)8(3,4)10-9(7,5)6;3-2(4)1-6-5;/h23-24H,1-12H3;1-6H3;5H,1H2,(H,3,4);/q;;;+3. The first-order chi connectivity index (χ1) is 17.5. The summed E-state index contributed by atoms with van der Waals surface area (Å²) >= 11 is 0. The second-order valence-corrected chi connectivity index (χ2v) is 15.6. The van der Waals surface area contributed by atoms with Gasteiger partial charge in [0.15, 0.2) is 6.61 Å². The van der Waals surface area contributed by atoms with Gasteiger partial charge in [-0.25, -0.2) is 14.5 Å². The predicted molar refractivity (Wildman–Crippen MR) is 158 cm³/mol. The maximum Gasteiger partial charge on any atom is 3.00 e. The molecule has 10 nitrogen and oxygen atoms in total. The van der Waals surface area contributed by atoms with Crippen molar-refractivity contribution >= 4 is 17.7 Å². The van der Waals surface area contributed by atoms with E-state index in [2.05, 4.69) is 46.4 Å². The smallest absolute Gasteiger partial charge is 0.479 e. The van der Waals surface area contributed by atoms with E-state index < -0.39 is 57.4 Å². The van der Waals surface area contributed by atoms with Crippen LogP contribution in [0.4, 0.5) is 0 Å². The Morgan fingerprint density at radius 2 is 1.02 bits per heavy atom. The molecule has 0 aromatic rings. The normalized spacial score (nSPS) is 18.0. The summed E-state index contributed by atoms with van der Waals surface area (Å²) in [4.78, 5) is 38.0. The number of carbonyl (C=O) groups excluding carboxylic acids is 2. The molecule has 1 radical (unpaired) electrons. The largest absolute Gasteiger partial charge is 3.00 e. The van der Waals surface area contributed by atoms with E-state index in [9.17, 15) is 24.6 Å². The van der Waals surface area contributed by atoms with Crippen molar-refractivity contribution in [2.24, 2.45) is 21.7 Å². The number of esters is 1. The summed E-state index contributed by atoms with van der Waals surface area (Å²) in [6, 6.07) is 0. The Kier molecular flexibility index (Phi) is 15.0. The Hall–Kier alpha value is -1.06. The molecule has 4 N–H and O–H groups in total. The SMILES string of the molecule is CC(C)(O)C(C)(C)C(C)(C)OC(=O)C(=O)C(C)(C)C(C)(C)C(C)(C)O.CC1(C)OC(C)(C)C1(C)C.O=C(O)COO.[Cr+3]. The minimum absolute atomic E-state index is 0. The van der Waals surface area contributed by atoms with Crippen molar-refractivity contribution in [2.75, 3.05) is 6.61 Å². The summed E-state index contributed by atoms with van der Waals surface area (Å²) in [6.07, 6.45) is 0. The fraction of sp³-hybridized carbons (Fsp3) is 0.903. The first-order valence-electron chi connectivity index (χ1n) is 13.9. The summed E-state index contributed by atoms with van der Waals surface area (Å²) in [5.41, 5.74) is -5.79. The minimum atomic E-state index is -1.18. The summed E-state index contributed by atoms with van der Waals surface area (Å²) < 4.78 is 11.3. The van der Waals surface area contributed by atoms with Crippen molar-refractivity contribution in [1.82, 2.24) is 0 Å². The van der Waals surface area contributed by atoms with Crippen molar-refractivity contribution in [3.05, 3.63) is 0 Å². The molecule has 0 saturated carbocycles. The number of hydrogen-bond donors (Lipinski definition) is 4. The molecule has 0 aromatic carbocycles. The summed E-state index contributed by atoms with van der Waals surface area (Å²) in [5, 5.41) is 35.8. The molecule has 1 saturated heterocycles. The second-order valence-electron chi connectivity index (χ2n) is 15.6. The monoisotopic (exact) mass is 644 g/mol. The third-order valence-electron chi connectivity index (χ3n) is 10.9. The number of aliphatic carboxylic acids is 1. The van der Waals surface area contributed by atoms with Crippen molar-refractivity contribution in [3.63, 3.8) is 0 Å². The number of rotatable bonds is 9. The number of hydrogen-bond acceptors (Lipinski definition) is 9. The molecule has 0 spiro atoms. The van der Waals surface area contributed by atoms with Gasteiger partial charge >= 0.3 is 29.3 Å². The molecule has 11 heteroatoms. The van der Waals surface area contributed by atoms with Gasteiger partial charge in [0.1, 0.15) is 5.60 Å². The molecule has 1 aliphatic heterocycles. The number of carbonyl (C=O) groups is 3. The fourth-order valence-corrected chi connectivity index (χ4v) is 4.07. The molecule has 1 rings (SSSR count). The number of ketones is 1. The van der Waals surface area contributed by atoms with E-state index in [1.165, 1.54) is 0 Å². The Morgan fingerprint density at radius 3 is 1.19 bits per heavy atom. The van der Waals surface area contributed by atoms with Crippen molar-refractivity contribution < 1.29 is 66.7 Å². The Bertz CT molecular complexity index is 914. The number of carboxylic acid groups (broad SMARTS) is 1. The molecule has 1 aliphatic rings. The molecule has 247 valence electrons. The van der Waals surface area contributed by atoms with Gasteiger partial charge in [0.2, 0.25) is 5.78 Å². The summed E-state index contributed by atoms with van der Waals surface area (Å²) in [6.45, 7) is 32.7. The van der Waals surface area contributed by atoms with Gasteiger partial charge in [-0.15, -0.1) is 0 Å². The maximum atomic E-state index is 12.9. The first kappa shape index (κ1) is 45.4. The van der Waals surface area contributed by atoms with Crippen LogP contribution in [0.15, 0.2) is 0 Å². The zero-order chi connectivity index (χ0) is 34.1.